The molecular formula is C11H20N2O2. The summed E-state index contributed by atoms with van der Waals surface area (Å²) in [5.41, 5.74) is -0.305. The molecule has 0 fully saturated rings. The van der Waals surface area contributed by atoms with Crippen molar-refractivity contribution in [3.63, 3.8) is 0 Å². The van der Waals surface area contributed by atoms with Crippen LogP contribution in [0.2, 0.25) is 0 Å². The molecular weight excluding hydrogens is 192 g/mol. The Hall–Kier alpha value is -1.16. The first-order chi connectivity index (χ1) is 7.25. The first-order valence-electron chi connectivity index (χ1n) is 5.44. The molecule has 15 heavy (non-hydrogen) atoms. The van der Waals surface area contributed by atoms with Crippen LogP contribution in [0, 0.1) is 0 Å². The van der Waals surface area contributed by atoms with Crippen molar-refractivity contribution in [1.29, 1.82) is 0 Å². The molecule has 0 aliphatic rings. The van der Waals surface area contributed by atoms with Gasteiger partial charge in [0.25, 0.3) is 0 Å². The highest BCUT2D eigenvalue weighted by Gasteiger charge is 2.06. The molecule has 0 unspecified atom stereocenters. The van der Waals surface area contributed by atoms with Crippen LogP contribution in [0.25, 0.3) is 0 Å². The lowest BCUT2D eigenvalue weighted by Crippen LogP contribution is -2.32. The lowest BCUT2D eigenvalue weighted by Gasteiger charge is -2.05. The van der Waals surface area contributed by atoms with E-state index in [1.54, 1.807) is 0 Å². The highest BCUT2D eigenvalue weighted by molar-refractivity contribution is 5.46. The summed E-state index contributed by atoms with van der Waals surface area (Å²) in [5.74, 6) is 0. The molecule has 0 aliphatic carbocycles. The fourth-order valence-corrected chi connectivity index (χ4v) is 1.10. The van der Waals surface area contributed by atoms with E-state index in [9.17, 15) is 9.59 Å². The van der Waals surface area contributed by atoms with Crippen LogP contribution < -0.4 is 21.5 Å². The van der Waals surface area contributed by atoms with Crippen molar-refractivity contribution in [2.24, 2.45) is 0 Å². The van der Waals surface area contributed by atoms with Crippen molar-refractivity contribution in [2.45, 2.75) is 26.7 Å². The maximum absolute atomic E-state index is 10.8. The van der Waals surface area contributed by atoms with E-state index >= 15 is 0 Å². The number of hydrogen-bond acceptors (Lipinski definition) is 4. The van der Waals surface area contributed by atoms with Gasteiger partial charge in [0.2, 0.25) is 10.9 Å². The van der Waals surface area contributed by atoms with Crippen molar-refractivity contribution in [1.82, 2.24) is 5.32 Å². The second-order valence-corrected chi connectivity index (χ2v) is 2.99. The molecule has 0 saturated carbocycles. The Balaban J connectivity index is 0.000000921. The van der Waals surface area contributed by atoms with Crippen molar-refractivity contribution in [3.8, 4) is 0 Å². The van der Waals surface area contributed by atoms with Gasteiger partial charge in [-0.3, -0.25) is 9.59 Å². The minimum absolute atomic E-state index is 0.381. The van der Waals surface area contributed by atoms with Gasteiger partial charge < -0.3 is 10.6 Å². The molecule has 1 rings (SSSR count). The fourth-order valence-electron chi connectivity index (χ4n) is 1.10. The highest BCUT2D eigenvalue weighted by atomic mass is 16.2. The summed E-state index contributed by atoms with van der Waals surface area (Å²) in [6.45, 7) is 5.74. The second-order valence-electron chi connectivity index (χ2n) is 2.99. The zero-order chi connectivity index (χ0) is 11.7. The predicted octanol–water partition coefficient (Wildman–Crippen LogP) is 0.720. The molecule has 0 saturated heterocycles. The minimum Gasteiger partial charge on any atom is -0.382 e. The van der Waals surface area contributed by atoms with E-state index in [-0.39, 0.29) is 5.43 Å². The van der Waals surface area contributed by atoms with Crippen LogP contribution in [0.1, 0.15) is 26.7 Å². The van der Waals surface area contributed by atoms with Gasteiger partial charge in [0.1, 0.15) is 0 Å². The average Bonchev–Trinajstić information content (AvgIpc) is 2.29. The Morgan fingerprint density at radius 1 is 1.13 bits per heavy atom. The SMILES string of the molecule is CC.CNCCCCNc1cc(=O)c1=O. The zero-order valence-electron chi connectivity index (χ0n) is 9.72. The summed E-state index contributed by atoms with van der Waals surface area (Å²) in [5, 5.41) is 5.96. The molecule has 4 heteroatoms. The number of anilines is 1. The van der Waals surface area contributed by atoms with Gasteiger partial charge in [-0.15, -0.1) is 0 Å². The zero-order valence-corrected chi connectivity index (χ0v) is 9.72. The molecule has 4 nitrogen and oxygen atoms in total. The summed E-state index contributed by atoms with van der Waals surface area (Å²) in [6, 6.07) is 1.35. The lowest BCUT2D eigenvalue weighted by atomic mass is 10.2. The van der Waals surface area contributed by atoms with Crippen LogP contribution in [-0.2, 0) is 0 Å². The van der Waals surface area contributed by atoms with Crippen LogP contribution in [0.5, 0.6) is 0 Å². The fraction of sp³-hybridized carbons (Fsp3) is 0.636. The third-order valence-electron chi connectivity index (χ3n) is 1.91. The Morgan fingerprint density at radius 2 is 1.73 bits per heavy atom. The Morgan fingerprint density at radius 3 is 2.20 bits per heavy atom. The summed E-state index contributed by atoms with van der Waals surface area (Å²) in [7, 11) is 1.91. The molecule has 2 N–H and O–H groups in total. The molecule has 0 atom stereocenters. The molecule has 0 bridgehead atoms. The van der Waals surface area contributed by atoms with Crippen LogP contribution in [0.4, 0.5) is 5.69 Å². The monoisotopic (exact) mass is 212 g/mol. The van der Waals surface area contributed by atoms with Crippen molar-refractivity contribution >= 4 is 5.69 Å². The summed E-state index contributed by atoms with van der Waals surface area (Å²) in [6.07, 6.45) is 2.07. The van der Waals surface area contributed by atoms with Crippen molar-refractivity contribution < 1.29 is 0 Å². The summed E-state index contributed by atoms with van der Waals surface area (Å²) in [4.78, 5) is 21.3. The first kappa shape index (κ1) is 13.8. The van der Waals surface area contributed by atoms with Crippen LogP contribution in [0.3, 0.4) is 0 Å². The second kappa shape index (κ2) is 8.17. The van der Waals surface area contributed by atoms with E-state index in [0.717, 1.165) is 25.9 Å². The van der Waals surface area contributed by atoms with Gasteiger partial charge in [0.05, 0.1) is 5.69 Å². The molecule has 1 aromatic carbocycles. The molecule has 0 radical (unpaired) electrons. The highest BCUT2D eigenvalue weighted by Crippen LogP contribution is 1.96. The molecule has 1 aromatic rings. The van der Waals surface area contributed by atoms with E-state index < -0.39 is 5.43 Å². The van der Waals surface area contributed by atoms with Crippen LogP contribution in [-0.4, -0.2) is 20.1 Å². The van der Waals surface area contributed by atoms with E-state index in [0.29, 0.717) is 5.69 Å². The maximum atomic E-state index is 10.8. The molecule has 0 heterocycles. The van der Waals surface area contributed by atoms with Gasteiger partial charge in [0.15, 0.2) is 0 Å². The Labute approximate surface area is 90.4 Å². The van der Waals surface area contributed by atoms with Crippen molar-refractivity contribution in [2.75, 3.05) is 25.5 Å². The van der Waals surface area contributed by atoms with E-state index in [2.05, 4.69) is 10.6 Å². The first-order valence-corrected chi connectivity index (χ1v) is 5.44. The molecule has 0 aromatic heterocycles. The number of nitrogens with one attached hydrogen (secondary N) is 2. The molecule has 86 valence electrons. The minimum atomic E-state index is -0.391. The maximum Gasteiger partial charge on any atom is 0.248 e. The quantitative estimate of drug-likeness (QED) is 0.539. The number of rotatable bonds is 6. The third kappa shape index (κ3) is 4.74. The van der Waals surface area contributed by atoms with E-state index in [4.69, 9.17) is 0 Å². The molecule has 0 aliphatic heterocycles. The molecule has 0 amide bonds. The van der Waals surface area contributed by atoms with E-state index in [1.165, 1.54) is 6.07 Å². The normalized spacial score (nSPS) is 9.53. The Kier molecular flexibility index (Phi) is 7.54. The van der Waals surface area contributed by atoms with Gasteiger partial charge in [-0.1, -0.05) is 13.8 Å². The third-order valence-corrected chi connectivity index (χ3v) is 1.91. The number of hydrogen-bond donors (Lipinski definition) is 2. The smallest absolute Gasteiger partial charge is 0.248 e. The van der Waals surface area contributed by atoms with Gasteiger partial charge in [-0.2, -0.15) is 0 Å². The largest absolute Gasteiger partial charge is 0.382 e. The topological polar surface area (TPSA) is 58.2 Å². The predicted molar refractivity (Wildman–Crippen MR) is 64.4 cm³/mol. The van der Waals surface area contributed by atoms with E-state index in [1.807, 2.05) is 20.9 Å². The summed E-state index contributed by atoms with van der Waals surface area (Å²) >= 11 is 0. The van der Waals surface area contributed by atoms with Gasteiger partial charge in [0, 0.05) is 12.6 Å². The molecule has 0 spiro atoms. The van der Waals surface area contributed by atoms with Crippen molar-refractivity contribution in [3.05, 3.63) is 26.5 Å². The summed E-state index contributed by atoms with van der Waals surface area (Å²) < 4.78 is 0. The van der Waals surface area contributed by atoms with Gasteiger partial charge >= 0.3 is 0 Å². The van der Waals surface area contributed by atoms with Gasteiger partial charge in [-0.05, 0) is 26.4 Å². The van der Waals surface area contributed by atoms with Crippen LogP contribution in [0.15, 0.2) is 15.7 Å². The lowest BCUT2D eigenvalue weighted by molar-refractivity contribution is 0.694. The van der Waals surface area contributed by atoms with Crippen LogP contribution >= 0.6 is 0 Å². The van der Waals surface area contributed by atoms with Gasteiger partial charge in [-0.25, -0.2) is 0 Å². The number of unbranched alkanes of at least 4 members (excludes halogenated alkanes) is 1. The Bertz CT molecular complexity index is 327. The average molecular weight is 212 g/mol. The standard InChI is InChI=1S/C9H14N2O2.C2H6/c1-10-4-2-3-5-11-7-6-8(12)9(7)13;1-2/h6,10-11H,2-5H2,1H3;1-2H3.